The average molecular weight is 352 g/mol. The van der Waals surface area contributed by atoms with Crippen LogP contribution in [0.25, 0.3) is 0 Å². The topological polar surface area (TPSA) is 59.6 Å². The van der Waals surface area contributed by atoms with Crippen LogP contribution in [0.3, 0.4) is 0 Å². The van der Waals surface area contributed by atoms with Crippen LogP contribution in [-0.2, 0) is 0 Å². The quantitative estimate of drug-likeness (QED) is 0.639. The van der Waals surface area contributed by atoms with Gasteiger partial charge in [-0.3, -0.25) is 0 Å². The Kier molecular flexibility index (Phi) is 6.85. The van der Waals surface area contributed by atoms with E-state index < -0.39 is 0 Å². The normalized spacial score (nSPS) is 9.92. The number of carbonyl (C=O) groups is 1. The second-order valence-corrected chi connectivity index (χ2v) is 6.06. The van der Waals surface area contributed by atoms with Crippen molar-refractivity contribution in [2.24, 2.45) is 0 Å². The fourth-order valence-corrected chi connectivity index (χ4v) is 2.07. The first kappa shape index (κ1) is 19.1. The molecule has 0 unspecified atom stereocenters. The number of carbonyl (C=O) groups excluding carboxylic acids is 1. The molecule has 2 aromatic rings. The third kappa shape index (κ3) is 6.02. The lowest BCUT2D eigenvalue weighted by molar-refractivity contribution is 0.261. The van der Waals surface area contributed by atoms with E-state index in [1.54, 1.807) is 24.3 Å². The largest absolute Gasteiger partial charge is 0.487 e. The molecule has 5 heteroatoms. The first-order valence-electron chi connectivity index (χ1n) is 8.26. The second kappa shape index (κ2) is 9.32. The lowest BCUT2D eigenvalue weighted by Crippen LogP contribution is -2.20. The summed E-state index contributed by atoms with van der Waals surface area (Å²) in [5.41, 5.74) is 2.94. The smallest absolute Gasteiger partial charge is 0.323 e. The molecule has 0 heterocycles. The summed E-state index contributed by atoms with van der Waals surface area (Å²) in [5, 5.41) is 5.59. The number of rotatable bonds is 8. The van der Waals surface area contributed by atoms with Crippen LogP contribution in [0.1, 0.15) is 13.8 Å². The van der Waals surface area contributed by atoms with Gasteiger partial charge in [-0.1, -0.05) is 37.4 Å². The Balaban J connectivity index is 2.06. The molecular formula is C21H24N2O3. The van der Waals surface area contributed by atoms with Crippen LogP contribution < -0.4 is 20.1 Å². The van der Waals surface area contributed by atoms with Gasteiger partial charge in [0, 0.05) is 0 Å². The van der Waals surface area contributed by atoms with Gasteiger partial charge in [0.05, 0.1) is 11.4 Å². The average Bonchev–Trinajstić information content (AvgIpc) is 2.60. The van der Waals surface area contributed by atoms with Gasteiger partial charge in [-0.2, -0.15) is 0 Å². The SMILES string of the molecule is C=C(C)COc1ccccc1NC(=O)Nc1ccccc1OCC(=C)C. The zero-order valence-corrected chi connectivity index (χ0v) is 15.2. The summed E-state index contributed by atoms with van der Waals surface area (Å²) in [5.74, 6) is 1.16. The molecular weight excluding hydrogens is 328 g/mol. The van der Waals surface area contributed by atoms with Gasteiger partial charge in [0.1, 0.15) is 24.7 Å². The molecule has 0 aliphatic heterocycles. The monoisotopic (exact) mass is 352 g/mol. The maximum absolute atomic E-state index is 12.4. The first-order chi connectivity index (χ1) is 12.5. The van der Waals surface area contributed by atoms with Crippen LogP contribution in [0.15, 0.2) is 72.8 Å². The standard InChI is InChI=1S/C21H24N2O3/c1-15(2)13-25-19-11-7-5-9-17(19)22-21(24)23-18-10-6-8-12-20(18)26-14-16(3)4/h5-12H,1,3,13-14H2,2,4H3,(H2,22,23,24). The van der Waals surface area contributed by atoms with E-state index in [-0.39, 0.29) is 6.03 Å². The molecule has 2 aromatic carbocycles. The number of urea groups is 1. The highest BCUT2D eigenvalue weighted by molar-refractivity contribution is 6.01. The number of para-hydroxylation sites is 4. The molecule has 0 atom stereocenters. The Morgan fingerprint density at radius 3 is 1.58 bits per heavy atom. The third-order valence-electron chi connectivity index (χ3n) is 3.22. The predicted molar refractivity (Wildman–Crippen MR) is 106 cm³/mol. The Labute approximate surface area is 154 Å². The number of anilines is 2. The Hall–Kier alpha value is -3.21. The molecule has 0 saturated carbocycles. The molecule has 26 heavy (non-hydrogen) atoms. The minimum Gasteiger partial charge on any atom is -0.487 e. The third-order valence-corrected chi connectivity index (χ3v) is 3.22. The molecule has 0 aromatic heterocycles. The Bertz CT molecular complexity index is 734. The van der Waals surface area contributed by atoms with E-state index in [9.17, 15) is 4.79 Å². The molecule has 0 saturated heterocycles. The van der Waals surface area contributed by atoms with Crippen molar-refractivity contribution in [1.29, 1.82) is 0 Å². The van der Waals surface area contributed by atoms with Gasteiger partial charge < -0.3 is 20.1 Å². The number of hydrogen-bond acceptors (Lipinski definition) is 3. The molecule has 2 N–H and O–H groups in total. The van der Waals surface area contributed by atoms with Crippen LogP contribution in [0.4, 0.5) is 16.2 Å². The molecule has 0 aliphatic rings. The summed E-state index contributed by atoms with van der Waals surface area (Å²) in [6, 6.07) is 14.1. The maximum atomic E-state index is 12.4. The van der Waals surface area contributed by atoms with Crippen LogP contribution in [0.2, 0.25) is 0 Å². The number of hydrogen-bond donors (Lipinski definition) is 2. The lowest BCUT2D eigenvalue weighted by Gasteiger charge is -2.15. The van der Waals surface area contributed by atoms with Crippen molar-refractivity contribution < 1.29 is 14.3 Å². The predicted octanol–water partition coefficient (Wildman–Crippen LogP) is 5.24. The van der Waals surface area contributed by atoms with Crippen LogP contribution >= 0.6 is 0 Å². The Morgan fingerprint density at radius 1 is 0.808 bits per heavy atom. The summed E-state index contributed by atoms with van der Waals surface area (Å²) in [4.78, 5) is 12.4. The van der Waals surface area contributed by atoms with Gasteiger partial charge in [-0.25, -0.2) is 4.79 Å². The molecule has 2 rings (SSSR count). The summed E-state index contributed by atoms with van der Waals surface area (Å²) in [7, 11) is 0. The molecule has 0 radical (unpaired) electrons. The second-order valence-electron chi connectivity index (χ2n) is 6.06. The van der Waals surface area contributed by atoms with Gasteiger partial charge in [0.25, 0.3) is 0 Å². The van der Waals surface area contributed by atoms with Crippen LogP contribution in [0.5, 0.6) is 11.5 Å². The molecule has 0 spiro atoms. The van der Waals surface area contributed by atoms with Crippen molar-refractivity contribution >= 4 is 17.4 Å². The number of amides is 2. The summed E-state index contributed by atoms with van der Waals surface area (Å²) < 4.78 is 11.3. The van der Waals surface area contributed by atoms with E-state index in [0.29, 0.717) is 36.1 Å². The van der Waals surface area contributed by atoms with Crippen molar-refractivity contribution in [3.63, 3.8) is 0 Å². The summed E-state index contributed by atoms with van der Waals surface area (Å²) in [6.07, 6.45) is 0. The van der Waals surface area contributed by atoms with Crippen molar-refractivity contribution in [3.8, 4) is 11.5 Å². The zero-order chi connectivity index (χ0) is 18.9. The van der Waals surface area contributed by atoms with E-state index in [1.807, 2.05) is 38.1 Å². The van der Waals surface area contributed by atoms with Gasteiger partial charge in [-0.05, 0) is 49.3 Å². The number of benzene rings is 2. The molecule has 5 nitrogen and oxygen atoms in total. The van der Waals surface area contributed by atoms with E-state index in [4.69, 9.17) is 9.47 Å². The van der Waals surface area contributed by atoms with Gasteiger partial charge >= 0.3 is 6.03 Å². The number of nitrogens with one attached hydrogen (secondary N) is 2. The molecule has 136 valence electrons. The van der Waals surface area contributed by atoms with Gasteiger partial charge in [0.2, 0.25) is 0 Å². The van der Waals surface area contributed by atoms with E-state index in [1.165, 1.54) is 0 Å². The minimum absolute atomic E-state index is 0.386. The van der Waals surface area contributed by atoms with Crippen LogP contribution in [0, 0.1) is 0 Å². The van der Waals surface area contributed by atoms with Crippen molar-refractivity contribution in [3.05, 3.63) is 72.8 Å². The maximum Gasteiger partial charge on any atom is 0.323 e. The van der Waals surface area contributed by atoms with Gasteiger partial charge in [-0.15, -0.1) is 0 Å². The van der Waals surface area contributed by atoms with E-state index in [2.05, 4.69) is 23.8 Å². The molecule has 0 bridgehead atoms. The fourth-order valence-electron chi connectivity index (χ4n) is 2.07. The number of ether oxygens (including phenoxy) is 2. The summed E-state index contributed by atoms with van der Waals surface area (Å²) >= 11 is 0. The van der Waals surface area contributed by atoms with Crippen molar-refractivity contribution in [1.82, 2.24) is 0 Å². The van der Waals surface area contributed by atoms with Crippen molar-refractivity contribution in [2.75, 3.05) is 23.8 Å². The highest BCUT2D eigenvalue weighted by atomic mass is 16.5. The van der Waals surface area contributed by atoms with E-state index in [0.717, 1.165) is 11.1 Å². The lowest BCUT2D eigenvalue weighted by atomic mass is 10.2. The first-order valence-corrected chi connectivity index (χ1v) is 8.26. The minimum atomic E-state index is -0.386. The summed E-state index contributed by atoms with van der Waals surface area (Å²) in [6.45, 7) is 12.2. The highest BCUT2D eigenvalue weighted by Gasteiger charge is 2.10. The van der Waals surface area contributed by atoms with Gasteiger partial charge in [0.15, 0.2) is 0 Å². The fraction of sp³-hybridized carbons (Fsp3) is 0.190. The molecule has 2 amide bonds. The van der Waals surface area contributed by atoms with E-state index >= 15 is 0 Å². The van der Waals surface area contributed by atoms with Crippen LogP contribution in [-0.4, -0.2) is 19.2 Å². The Morgan fingerprint density at radius 2 is 1.19 bits per heavy atom. The highest BCUT2D eigenvalue weighted by Crippen LogP contribution is 2.26. The molecule has 0 aliphatic carbocycles. The zero-order valence-electron chi connectivity index (χ0n) is 15.2. The molecule has 0 fully saturated rings. The van der Waals surface area contributed by atoms with Crippen molar-refractivity contribution in [2.45, 2.75) is 13.8 Å².